The van der Waals surface area contributed by atoms with Crippen LogP contribution in [0.4, 0.5) is 11.4 Å². The molecule has 0 aromatic heterocycles. The molecule has 0 aliphatic rings. The van der Waals surface area contributed by atoms with Gasteiger partial charge in [0.05, 0.1) is 11.4 Å². The molecule has 0 aliphatic carbocycles. The van der Waals surface area contributed by atoms with Gasteiger partial charge in [0.2, 0.25) is 0 Å². The lowest BCUT2D eigenvalue weighted by Crippen LogP contribution is -2.16. The monoisotopic (exact) mass is 339 g/mol. The fourth-order valence-corrected chi connectivity index (χ4v) is 3.12. The Hall–Kier alpha value is -3.20. The quantitative estimate of drug-likeness (QED) is 0.287. The van der Waals surface area contributed by atoms with Crippen LogP contribution in [0.1, 0.15) is 13.3 Å². The fourth-order valence-electron chi connectivity index (χ4n) is 3.12. The first kappa shape index (κ1) is 16.3. The van der Waals surface area contributed by atoms with Crippen LogP contribution in [0, 0.1) is 0 Å². The number of fused-ring (bicyclic) bond motifs is 2. The summed E-state index contributed by atoms with van der Waals surface area (Å²) in [6, 6.07) is 29.3. The maximum absolute atomic E-state index is 4.53. The van der Waals surface area contributed by atoms with Crippen LogP contribution in [0.5, 0.6) is 0 Å². The molecule has 0 saturated heterocycles. The van der Waals surface area contributed by atoms with Crippen molar-refractivity contribution in [3.8, 4) is 0 Å². The minimum absolute atomic E-state index is 0.829. The first-order valence-corrected chi connectivity index (χ1v) is 9.00. The molecule has 3 heteroatoms. The van der Waals surface area contributed by atoms with Crippen LogP contribution in [0.25, 0.3) is 21.5 Å². The van der Waals surface area contributed by atoms with Crippen molar-refractivity contribution in [3.05, 3.63) is 84.9 Å². The minimum Gasteiger partial charge on any atom is -0.247 e. The molecule has 0 spiro atoms. The summed E-state index contributed by atoms with van der Waals surface area (Å²) in [5.41, 5.74) is 1.93. The Morgan fingerprint density at radius 1 is 0.692 bits per heavy atom. The van der Waals surface area contributed by atoms with Crippen molar-refractivity contribution < 1.29 is 0 Å². The maximum atomic E-state index is 4.53. The van der Waals surface area contributed by atoms with Gasteiger partial charge in [-0.25, -0.2) is 5.01 Å². The summed E-state index contributed by atoms with van der Waals surface area (Å²) in [5.74, 6) is 0. The van der Waals surface area contributed by atoms with Gasteiger partial charge in [0, 0.05) is 6.54 Å². The SMILES string of the molecule is CCCN(N=Nc1ccc2ccccc2c1)c1ccc2ccccc2c1. The predicted octanol–water partition coefficient (Wildman–Crippen LogP) is 6.91. The zero-order valence-electron chi connectivity index (χ0n) is 14.8. The Morgan fingerprint density at radius 3 is 2.00 bits per heavy atom. The molecule has 26 heavy (non-hydrogen) atoms. The highest BCUT2D eigenvalue weighted by atomic mass is 15.5. The first-order valence-electron chi connectivity index (χ1n) is 9.00. The molecule has 0 heterocycles. The third kappa shape index (κ3) is 3.42. The van der Waals surface area contributed by atoms with Crippen LogP contribution in [0.3, 0.4) is 0 Å². The molecule has 4 aromatic rings. The Kier molecular flexibility index (Phi) is 4.61. The molecule has 0 atom stereocenters. The van der Waals surface area contributed by atoms with Gasteiger partial charge in [-0.2, -0.15) is 0 Å². The molecule has 0 fully saturated rings. The molecule has 0 saturated carbocycles. The van der Waals surface area contributed by atoms with Crippen LogP contribution in [-0.4, -0.2) is 6.54 Å². The van der Waals surface area contributed by atoms with Crippen molar-refractivity contribution in [2.75, 3.05) is 11.6 Å². The molecule has 0 aliphatic heterocycles. The number of hydrogen-bond donors (Lipinski definition) is 0. The summed E-state index contributed by atoms with van der Waals surface area (Å²) in [6.07, 6.45) is 1.00. The minimum atomic E-state index is 0.829. The van der Waals surface area contributed by atoms with Gasteiger partial charge >= 0.3 is 0 Å². The number of anilines is 1. The van der Waals surface area contributed by atoms with Crippen molar-refractivity contribution in [1.82, 2.24) is 0 Å². The third-order valence-electron chi connectivity index (χ3n) is 4.47. The molecule has 128 valence electrons. The summed E-state index contributed by atoms with van der Waals surface area (Å²) in [5, 5.41) is 15.8. The van der Waals surface area contributed by atoms with Crippen LogP contribution in [0.15, 0.2) is 95.3 Å². The van der Waals surface area contributed by atoms with E-state index in [-0.39, 0.29) is 0 Å². The Balaban J connectivity index is 1.65. The van der Waals surface area contributed by atoms with Crippen molar-refractivity contribution in [2.45, 2.75) is 13.3 Å². The van der Waals surface area contributed by atoms with Crippen LogP contribution < -0.4 is 5.01 Å². The van der Waals surface area contributed by atoms with E-state index in [2.05, 4.69) is 84.0 Å². The zero-order valence-corrected chi connectivity index (χ0v) is 14.8. The van der Waals surface area contributed by atoms with E-state index in [1.165, 1.54) is 21.5 Å². The van der Waals surface area contributed by atoms with E-state index >= 15 is 0 Å². The van der Waals surface area contributed by atoms with Gasteiger partial charge in [0.1, 0.15) is 0 Å². The van der Waals surface area contributed by atoms with Crippen LogP contribution in [-0.2, 0) is 0 Å². The van der Waals surface area contributed by atoms with E-state index in [1.54, 1.807) is 0 Å². The van der Waals surface area contributed by atoms with E-state index in [0.29, 0.717) is 0 Å². The zero-order chi connectivity index (χ0) is 17.8. The Labute approximate surface area is 153 Å². The van der Waals surface area contributed by atoms with Crippen LogP contribution in [0.2, 0.25) is 0 Å². The van der Waals surface area contributed by atoms with Crippen molar-refractivity contribution >= 4 is 32.9 Å². The first-order chi connectivity index (χ1) is 12.8. The maximum Gasteiger partial charge on any atom is 0.0880 e. The number of benzene rings is 4. The van der Waals surface area contributed by atoms with Gasteiger partial charge in [-0.3, -0.25) is 0 Å². The fraction of sp³-hybridized carbons (Fsp3) is 0.130. The predicted molar refractivity (Wildman–Crippen MR) is 110 cm³/mol. The topological polar surface area (TPSA) is 28.0 Å². The molecule has 3 nitrogen and oxygen atoms in total. The molecular weight excluding hydrogens is 318 g/mol. The highest BCUT2D eigenvalue weighted by molar-refractivity contribution is 5.86. The summed E-state index contributed by atoms with van der Waals surface area (Å²) >= 11 is 0. The van der Waals surface area contributed by atoms with Gasteiger partial charge in [-0.05, 0) is 52.2 Å². The Bertz CT molecular complexity index is 1070. The van der Waals surface area contributed by atoms with Gasteiger partial charge in [-0.15, -0.1) is 5.11 Å². The van der Waals surface area contributed by atoms with Gasteiger partial charge in [0.25, 0.3) is 0 Å². The van der Waals surface area contributed by atoms with E-state index < -0.39 is 0 Å². The van der Waals surface area contributed by atoms with Crippen molar-refractivity contribution in [3.63, 3.8) is 0 Å². The van der Waals surface area contributed by atoms with Crippen molar-refractivity contribution in [1.29, 1.82) is 0 Å². The Morgan fingerprint density at radius 2 is 1.31 bits per heavy atom. The number of nitrogens with zero attached hydrogens (tertiary/aromatic N) is 3. The van der Waals surface area contributed by atoms with Crippen molar-refractivity contribution in [2.24, 2.45) is 10.3 Å². The summed E-state index contributed by atoms with van der Waals surface area (Å²) in [4.78, 5) is 0. The summed E-state index contributed by atoms with van der Waals surface area (Å²) < 4.78 is 0. The van der Waals surface area contributed by atoms with Crippen LogP contribution >= 0.6 is 0 Å². The molecule has 0 unspecified atom stereocenters. The van der Waals surface area contributed by atoms with Gasteiger partial charge in [0.15, 0.2) is 0 Å². The van der Waals surface area contributed by atoms with E-state index in [1.807, 2.05) is 23.2 Å². The second-order valence-electron chi connectivity index (χ2n) is 6.38. The standard InChI is InChI=1S/C23H21N3/c1-2-15-26(23-14-12-19-8-4-6-10-21(19)17-23)25-24-22-13-11-18-7-3-5-9-20(18)16-22/h3-14,16-17H,2,15H2,1H3. The second kappa shape index (κ2) is 7.36. The number of rotatable bonds is 5. The van der Waals surface area contributed by atoms with Gasteiger partial charge in [-0.1, -0.05) is 72.8 Å². The average molecular weight is 339 g/mol. The highest BCUT2D eigenvalue weighted by Crippen LogP contribution is 2.25. The molecular formula is C23H21N3. The molecule has 4 aromatic carbocycles. The lowest BCUT2D eigenvalue weighted by molar-refractivity contribution is 0.771. The third-order valence-corrected chi connectivity index (χ3v) is 4.47. The molecule has 0 amide bonds. The highest BCUT2D eigenvalue weighted by Gasteiger charge is 2.05. The summed E-state index contributed by atoms with van der Waals surface area (Å²) in [6.45, 7) is 2.98. The molecule has 0 bridgehead atoms. The van der Waals surface area contributed by atoms with E-state index in [4.69, 9.17) is 0 Å². The molecule has 0 N–H and O–H groups in total. The van der Waals surface area contributed by atoms with E-state index in [0.717, 1.165) is 24.3 Å². The lowest BCUT2D eigenvalue weighted by Gasteiger charge is -2.17. The molecule has 4 rings (SSSR count). The largest absolute Gasteiger partial charge is 0.247 e. The van der Waals surface area contributed by atoms with E-state index in [9.17, 15) is 0 Å². The normalized spacial score (nSPS) is 11.4. The average Bonchev–Trinajstić information content (AvgIpc) is 2.70. The smallest absolute Gasteiger partial charge is 0.0880 e. The van der Waals surface area contributed by atoms with Gasteiger partial charge < -0.3 is 0 Å². The summed E-state index contributed by atoms with van der Waals surface area (Å²) in [7, 11) is 0. The molecule has 0 radical (unpaired) electrons. The number of hydrogen-bond acceptors (Lipinski definition) is 2. The lowest BCUT2D eigenvalue weighted by atomic mass is 10.1. The second-order valence-corrected chi connectivity index (χ2v) is 6.38.